The zero-order valence-electron chi connectivity index (χ0n) is 16.0. The highest BCUT2D eigenvalue weighted by molar-refractivity contribution is 5.99. The molecule has 0 saturated heterocycles. The Morgan fingerprint density at radius 1 is 1.04 bits per heavy atom. The van der Waals surface area contributed by atoms with E-state index in [1.54, 1.807) is 53.4 Å². The second kappa shape index (κ2) is 10.3. The van der Waals surface area contributed by atoms with Gasteiger partial charge >= 0.3 is 6.09 Å². The number of amides is 1. The first-order valence-corrected chi connectivity index (χ1v) is 8.97. The quantitative estimate of drug-likeness (QED) is 0.529. The Balaban J connectivity index is 1.91. The number of likely N-dealkylation sites (N-methyl/N-ethyl adjacent to an activating group) is 1. The molecule has 0 saturated carbocycles. The molecule has 6 nitrogen and oxygen atoms in total. The van der Waals surface area contributed by atoms with E-state index in [0.29, 0.717) is 30.2 Å². The van der Waals surface area contributed by atoms with Crippen molar-refractivity contribution in [1.29, 1.82) is 0 Å². The van der Waals surface area contributed by atoms with Crippen LogP contribution in [-0.4, -0.2) is 44.0 Å². The number of anilines is 1. The summed E-state index contributed by atoms with van der Waals surface area (Å²) in [7, 11) is 3.66. The molecule has 1 N–H and O–H groups in total. The minimum atomic E-state index is -0.619. The van der Waals surface area contributed by atoms with Gasteiger partial charge in [-0.3, -0.25) is 10.1 Å². The van der Waals surface area contributed by atoms with Crippen LogP contribution < -0.4 is 14.8 Å². The van der Waals surface area contributed by atoms with Gasteiger partial charge in [0.2, 0.25) is 0 Å². The summed E-state index contributed by atoms with van der Waals surface area (Å²) in [4.78, 5) is 26.0. The molecule has 2 rings (SSSR count). The summed E-state index contributed by atoms with van der Waals surface area (Å²) >= 11 is 0. The third kappa shape index (κ3) is 7.11. The minimum Gasteiger partial charge on any atom is -0.494 e. The fourth-order valence-corrected chi connectivity index (χ4v) is 2.34. The van der Waals surface area contributed by atoms with Crippen molar-refractivity contribution in [2.75, 3.05) is 32.6 Å². The van der Waals surface area contributed by atoms with Crippen molar-refractivity contribution in [3.8, 4) is 11.5 Å². The Kier molecular flexibility index (Phi) is 7.82. The Hall–Kier alpha value is -2.86. The number of carbonyl (C=O) groups is 2. The fourth-order valence-electron chi connectivity index (χ4n) is 2.34. The van der Waals surface area contributed by atoms with Crippen LogP contribution in [-0.2, 0) is 0 Å². The van der Waals surface area contributed by atoms with E-state index in [1.165, 1.54) is 0 Å². The lowest BCUT2D eigenvalue weighted by Gasteiger charge is -2.11. The summed E-state index contributed by atoms with van der Waals surface area (Å²) in [5, 5.41) is 2.64. The Bertz CT molecular complexity index is 757. The van der Waals surface area contributed by atoms with E-state index in [-0.39, 0.29) is 5.78 Å². The lowest BCUT2D eigenvalue weighted by molar-refractivity contribution is 0.0957. The molecule has 1 amide bonds. The zero-order valence-corrected chi connectivity index (χ0v) is 16.0. The number of hydrogen-bond acceptors (Lipinski definition) is 5. The van der Waals surface area contributed by atoms with E-state index in [2.05, 4.69) is 12.2 Å². The molecule has 0 unspecified atom stereocenters. The number of Topliss-reactive ketones (excluding diaryl/α,β-unsaturated/α-hetero) is 1. The number of nitrogens with one attached hydrogen (secondary N) is 1. The number of unbranched alkanes of at least 4 members (excludes halogenated alkanes) is 1. The van der Waals surface area contributed by atoms with Gasteiger partial charge in [0, 0.05) is 11.3 Å². The van der Waals surface area contributed by atoms with Gasteiger partial charge in [0.05, 0.1) is 13.2 Å². The van der Waals surface area contributed by atoms with Gasteiger partial charge in [-0.2, -0.15) is 0 Å². The molecule has 0 bridgehead atoms. The average molecular weight is 370 g/mol. The Morgan fingerprint density at radius 3 is 2.41 bits per heavy atom. The summed E-state index contributed by atoms with van der Waals surface area (Å²) in [5.74, 6) is 1.13. The SMILES string of the molecule is CCCCOc1ccc(OC(=O)Nc2cccc(C(=O)CN(C)C)c2)cc1. The largest absolute Gasteiger partial charge is 0.494 e. The van der Waals surface area contributed by atoms with Crippen LogP contribution in [0.1, 0.15) is 30.1 Å². The molecule has 0 radical (unpaired) electrons. The monoisotopic (exact) mass is 370 g/mol. The van der Waals surface area contributed by atoms with Crippen molar-refractivity contribution in [2.45, 2.75) is 19.8 Å². The standard InChI is InChI=1S/C21H26N2O4/c1-4-5-13-26-18-9-11-19(12-10-18)27-21(25)22-17-8-6-7-16(14-17)20(24)15-23(2)3/h6-12,14H,4-5,13,15H2,1-3H3,(H,22,25). The minimum absolute atomic E-state index is 0.0179. The van der Waals surface area contributed by atoms with Crippen LogP contribution in [0.4, 0.5) is 10.5 Å². The van der Waals surface area contributed by atoms with Crippen LogP contribution in [0.25, 0.3) is 0 Å². The lowest BCUT2D eigenvalue weighted by Crippen LogP contribution is -2.22. The second-order valence-corrected chi connectivity index (χ2v) is 6.43. The predicted molar refractivity (Wildman–Crippen MR) is 106 cm³/mol. The highest BCUT2D eigenvalue weighted by atomic mass is 16.6. The smallest absolute Gasteiger partial charge is 0.417 e. The van der Waals surface area contributed by atoms with Crippen LogP contribution in [0.3, 0.4) is 0 Å². The number of ether oxygens (including phenoxy) is 2. The third-order valence-electron chi connectivity index (χ3n) is 3.69. The highest BCUT2D eigenvalue weighted by Crippen LogP contribution is 2.19. The molecule has 0 aliphatic carbocycles. The van der Waals surface area contributed by atoms with Gasteiger partial charge in [-0.15, -0.1) is 0 Å². The topological polar surface area (TPSA) is 67.9 Å². The number of benzene rings is 2. The van der Waals surface area contributed by atoms with Crippen LogP contribution >= 0.6 is 0 Å². The molecule has 27 heavy (non-hydrogen) atoms. The molecule has 0 aromatic heterocycles. The first-order valence-electron chi connectivity index (χ1n) is 8.97. The Morgan fingerprint density at radius 2 is 1.74 bits per heavy atom. The number of rotatable bonds is 9. The molecule has 0 aliphatic rings. The molecule has 6 heteroatoms. The van der Waals surface area contributed by atoms with Crippen molar-refractivity contribution < 1.29 is 19.1 Å². The molecule has 0 aliphatic heterocycles. The summed E-state index contributed by atoms with van der Waals surface area (Å²) in [6.07, 6.45) is 1.45. The summed E-state index contributed by atoms with van der Waals surface area (Å²) < 4.78 is 10.8. The maximum atomic E-state index is 12.1. The van der Waals surface area contributed by atoms with E-state index < -0.39 is 6.09 Å². The third-order valence-corrected chi connectivity index (χ3v) is 3.69. The van der Waals surface area contributed by atoms with E-state index in [9.17, 15) is 9.59 Å². The van der Waals surface area contributed by atoms with E-state index in [1.807, 2.05) is 14.1 Å². The van der Waals surface area contributed by atoms with Crippen molar-refractivity contribution in [3.63, 3.8) is 0 Å². The highest BCUT2D eigenvalue weighted by Gasteiger charge is 2.10. The molecule has 0 atom stereocenters. The van der Waals surface area contributed by atoms with E-state index in [0.717, 1.165) is 18.6 Å². The van der Waals surface area contributed by atoms with Gasteiger partial charge in [0.15, 0.2) is 5.78 Å². The lowest BCUT2D eigenvalue weighted by atomic mass is 10.1. The maximum absolute atomic E-state index is 12.1. The van der Waals surface area contributed by atoms with Crippen molar-refractivity contribution in [1.82, 2.24) is 4.90 Å². The summed E-state index contributed by atoms with van der Waals surface area (Å²) in [5.41, 5.74) is 1.04. The van der Waals surface area contributed by atoms with Gasteiger partial charge in [-0.05, 0) is 56.9 Å². The van der Waals surface area contributed by atoms with E-state index in [4.69, 9.17) is 9.47 Å². The van der Waals surface area contributed by atoms with Gasteiger partial charge in [0.1, 0.15) is 11.5 Å². The second-order valence-electron chi connectivity index (χ2n) is 6.43. The van der Waals surface area contributed by atoms with Crippen LogP contribution in [0.15, 0.2) is 48.5 Å². The van der Waals surface area contributed by atoms with Crippen molar-refractivity contribution in [2.24, 2.45) is 0 Å². The molecule has 144 valence electrons. The van der Waals surface area contributed by atoms with E-state index >= 15 is 0 Å². The maximum Gasteiger partial charge on any atom is 0.417 e. The number of nitrogens with zero attached hydrogens (tertiary/aromatic N) is 1. The van der Waals surface area contributed by atoms with Crippen LogP contribution in [0.5, 0.6) is 11.5 Å². The van der Waals surface area contributed by atoms with Gasteiger partial charge in [0.25, 0.3) is 0 Å². The molecule has 2 aromatic carbocycles. The summed E-state index contributed by atoms with van der Waals surface area (Å²) in [6, 6.07) is 13.7. The molecule has 0 fully saturated rings. The average Bonchev–Trinajstić information content (AvgIpc) is 2.63. The van der Waals surface area contributed by atoms with Gasteiger partial charge in [-0.1, -0.05) is 25.5 Å². The Labute approximate surface area is 160 Å². The number of ketones is 1. The number of hydrogen-bond donors (Lipinski definition) is 1. The first-order chi connectivity index (χ1) is 13.0. The molecular weight excluding hydrogens is 344 g/mol. The molecule has 0 spiro atoms. The van der Waals surface area contributed by atoms with Gasteiger partial charge in [-0.25, -0.2) is 4.79 Å². The zero-order chi connectivity index (χ0) is 19.6. The summed E-state index contributed by atoms with van der Waals surface area (Å²) in [6.45, 7) is 3.08. The number of carbonyl (C=O) groups excluding carboxylic acids is 2. The van der Waals surface area contributed by atoms with Crippen molar-refractivity contribution >= 4 is 17.6 Å². The predicted octanol–water partition coefficient (Wildman–Crippen LogP) is 4.22. The normalized spacial score (nSPS) is 10.5. The fraction of sp³-hybridized carbons (Fsp3) is 0.333. The van der Waals surface area contributed by atoms with Gasteiger partial charge < -0.3 is 14.4 Å². The molecule has 2 aromatic rings. The molecular formula is C21H26N2O4. The molecule has 0 heterocycles. The van der Waals surface area contributed by atoms with Crippen LogP contribution in [0.2, 0.25) is 0 Å². The van der Waals surface area contributed by atoms with Crippen molar-refractivity contribution in [3.05, 3.63) is 54.1 Å². The van der Waals surface area contributed by atoms with Crippen LogP contribution in [0, 0.1) is 0 Å². The first kappa shape index (κ1) is 20.5.